The van der Waals surface area contributed by atoms with Gasteiger partial charge >= 0.3 is 12.0 Å². The van der Waals surface area contributed by atoms with Crippen molar-refractivity contribution in [3.63, 3.8) is 0 Å². The zero-order valence-corrected chi connectivity index (χ0v) is 32.2. The predicted octanol–water partition coefficient (Wildman–Crippen LogP) is 10.8. The number of nitrogens with zero attached hydrogens (tertiary/aromatic N) is 2. The average Bonchev–Trinajstić information content (AvgIpc) is 3.12. The maximum atomic E-state index is 13.3. The summed E-state index contributed by atoms with van der Waals surface area (Å²) in [6.45, 7) is 10.0. The third-order valence-electron chi connectivity index (χ3n) is 9.26. The molecule has 0 radical (unpaired) electrons. The number of hydrogen-bond donors (Lipinski definition) is 2. The third-order valence-corrected chi connectivity index (χ3v) is 9.26. The van der Waals surface area contributed by atoms with E-state index in [0.29, 0.717) is 32.0 Å². The number of amides is 2. The number of aliphatic carboxylic acids is 1. The molecule has 0 spiro atoms. The fraction of sp³-hybridized carbons (Fsp3) is 0.628. The van der Waals surface area contributed by atoms with E-state index in [1.54, 1.807) is 12.1 Å². The van der Waals surface area contributed by atoms with Gasteiger partial charge in [0.05, 0.1) is 6.61 Å². The first kappa shape index (κ1) is 43.8. The number of allylic oxidation sites excluding steroid dienone is 2. The highest BCUT2D eigenvalue weighted by atomic mass is 19.1. The minimum Gasteiger partial charge on any atom is -0.493 e. The smallest absolute Gasteiger partial charge is 0.318 e. The van der Waals surface area contributed by atoms with Crippen LogP contribution in [0.5, 0.6) is 5.75 Å². The number of carboxylic acid groups (broad SMARTS) is 1. The maximum Gasteiger partial charge on any atom is 0.318 e. The van der Waals surface area contributed by atoms with E-state index in [-0.39, 0.29) is 17.9 Å². The Balaban J connectivity index is 0.000000392. The Labute approximate surface area is 309 Å². The molecule has 0 unspecified atom stereocenters. The Kier molecular flexibility index (Phi) is 23.4. The number of carbonyl (C=O) groups excluding carboxylic acids is 1. The fourth-order valence-electron chi connectivity index (χ4n) is 6.05. The van der Waals surface area contributed by atoms with E-state index < -0.39 is 5.97 Å². The molecule has 7 nitrogen and oxygen atoms in total. The Bertz CT molecular complexity index is 1210. The summed E-state index contributed by atoms with van der Waals surface area (Å²) in [6.07, 6.45) is 23.1. The molecule has 0 aromatic heterocycles. The summed E-state index contributed by atoms with van der Waals surface area (Å²) < 4.78 is 19.0. The lowest BCUT2D eigenvalue weighted by molar-refractivity contribution is -0.137. The first-order valence-electron chi connectivity index (χ1n) is 19.7. The highest BCUT2D eigenvalue weighted by molar-refractivity contribution is 5.74. The van der Waals surface area contributed by atoms with Crippen molar-refractivity contribution in [1.82, 2.24) is 15.1 Å². The number of rotatable bonds is 23. The van der Waals surface area contributed by atoms with Crippen LogP contribution in [0.15, 0.2) is 60.7 Å². The summed E-state index contributed by atoms with van der Waals surface area (Å²) in [5.74, 6) is 0.390. The Hall–Kier alpha value is -3.39. The van der Waals surface area contributed by atoms with E-state index in [9.17, 15) is 14.0 Å². The molecule has 2 N–H and O–H groups in total. The molecule has 0 saturated carbocycles. The van der Waals surface area contributed by atoms with Crippen molar-refractivity contribution in [3.05, 3.63) is 77.6 Å². The van der Waals surface area contributed by atoms with Gasteiger partial charge in [-0.1, -0.05) is 109 Å². The van der Waals surface area contributed by atoms with Crippen LogP contribution in [0.2, 0.25) is 0 Å². The van der Waals surface area contributed by atoms with Gasteiger partial charge in [-0.3, -0.25) is 4.79 Å². The topological polar surface area (TPSA) is 82.1 Å². The molecule has 8 heteroatoms. The highest BCUT2D eigenvalue weighted by Gasteiger charge is 2.27. The molecule has 0 aliphatic carbocycles. The van der Waals surface area contributed by atoms with E-state index >= 15 is 0 Å². The van der Waals surface area contributed by atoms with Gasteiger partial charge in [0, 0.05) is 25.6 Å². The van der Waals surface area contributed by atoms with Crippen molar-refractivity contribution < 1.29 is 23.8 Å². The highest BCUT2D eigenvalue weighted by Crippen LogP contribution is 2.20. The van der Waals surface area contributed by atoms with Gasteiger partial charge in [-0.05, 0) is 106 Å². The van der Waals surface area contributed by atoms with Crippen LogP contribution in [-0.2, 0) is 17.9 Å². The molecule has 286 valence electrons. The first-order valence-corrected chi connectivity index (χ1v) is 19.7. The van der Waals surface area contributed by atoms with Crippen LogP contribution in [0.4, 0.5) is 9.18 Å². The summed E-state index contributed by atoms with van der Waals surface area (Å²) in [5, 5.41) is 11.6. The van der Waals surface area contributed by atoms with Crippen LogP contribution in [0, 0.1) is 11.7 Å². The van der Waals surface area contributed by atoms with Gasteiger partial charge in [0.25, 0.3) is 0 Å². The average molecular weight is 710 g/mol. The normalized spacial score (nSPS) is 13.6. The lowest BCUT2D eigenvalue weighted by Gasteiger charge is -2.37. The second-order valence-electron chi connectivity index (χ2n) is 14.5. The summed E-state index contributed by atoms with van der Waals surface area (Å²) in [7, 11) is 2.11. The minimum absolute atomic E-state index is 0.0842. The quantitative estimate of drug-likeness (QED) is 0.0887. The standard InChI is InChI=1S/C25H34FN3O2.C18H34O2/c1-19(2)18-31-24-10-6-20(7-11-24)16-27-25(30)29(23-12-14-28(3)15-13-23)17-21-4-8-22(26)9-5-21;1-2-3-4-5-6-7-8-9-10-11-12-13-14-15-16-17-18(19)20/h4-11,19,23H,12-18H2,1-3H3,(H,27,30);9-10H,2-8,11-17H2,1H3,(H,19,20)/b;10-9-. The number of urea groups is 1. The molecular weight excluding hydrogens is 641 g/mol. The van der Waals surface area contributed by atoms with E-state index in [0.717, 1.165) is 55.6 Å². The minimum atomic E-state index is -0.664. The molecule has 2 aromatic rings. The Morgan fingerprint density at radius 2 is 1.41 bits per heavy atom. The molecule has 2 amide bonds. The second kappa shape index (κ2) is 27.3. The molecule has 0 atom stereocenters. The van der Waals surface area contributed by atoms with Gasteiger partial charge in [-0.25, -0.2) is 9.18 Å². The molecule has 0 bridgehead atoms. The van der Waals surface area contributed by atoms with Crippen molar-refractivity contribution in [2.24, 2.45) is 5.92 Å². The van der Waals surface area contributed by atoms with Crippen molar-refractivity contribution in [2.45, 2.75) is 143 Å². The molecule has 1 heterocycles. The third kappa shape index (κ3) is 21.5. The van der Waals surface area contributed by atoms with Gasteiger partial charge in [0.2, 0.25) is 0 Å². The van der Waals surface area contributed by atoms with Crippen molar-refractivity contribution in [2.75, 3.05) is 26.7 Å². The second-order valence-corrected chi connectivity index (χ2v) is 14.5. The molecule has 3 rings (SSSR count). The van der Waals surface area contributed by atoms with E-state index in [1.165, 1.54) is 82.8 Å². The van der Waals surface area contributed by atoms with Gasteiger partial charge in [-0.2, -0.15) is 0 Å². The van der Waals surface area contributed by atoms with Crippen molar-refractivity contribution in [3.8, 4) is 5.75 Å². The molecule has 2 aromatic carbocycles. The van der Waals surface area contributed by atoms with E-state index in [1.807, 2.05) is 29.2 Å². The molecule has 51 heavy (non-hydrogen) atoms. The number of carboxylic acids is 1. The van der Waals surface area contributed by atoms with Crippen molar-refractivity contribution >= 4 is 12.0 Å². The molecule has 1 aliphatic heterocycles. The van der Waals surface area contributed by atoms with Crippen LogP contribution < -0.4 is 10.1 Å². The van der Waals surface area contributed by atoms with Gasteiger partial charge in [0.1, 0.15) is 11.6 Å². The summed E-state index contributed by atoms with van der Waals surface area (Å²) in [4.78, 5) is 27.6. The number of likely N-dealkylation sites (tertiary alicyclic amines) is 1. The number of carbonyl (C=O) groups is 2. The number of ether oxygens (including phenoxy) is 1. The van der Waals surface area contributed by atoms with Crippen LogP contribution in [0.3, 0.4) is 0 Å². The number of benzene rings is 2. The number of piperidine rings is 1. The monoisotopic (exact) mass is 710 g/mol. The maximum absolute atomic E-state index is 13.3. The Morgan fingerprint density at radius 1 is 0.863 bits per heavy atom. The zero-order valence-electron chi connectivity index (χ0n) is 32.2. The lowest BCUT2D eigenvalue weighted by atomic mass is 10.0. The van der Waals surface area contributed by atoms with Crippen LogP contribution in [-0.4, -0.2) is 59.7 Å². The molecule has 1 aliphatic rings. The number of hydrogen-bond acceptors (Lipinski definition) is 4. The van der Waals surface area contributed by atoms with E-state index in [4.69, 9.17) is 9.84 Å². The number of nitrogens with one attached hydrogen (secondary N) is 1. The first-order chi connectivity index (χ1) is 24.7. The molecular formula is C43H68FN3O4. The molecule has 1 saturated heterocycles. The summed E-state index contributed by atoms with van der Waals surface area (Å²) in [5.41, 5.74) is 1.96. The number of unbranched alkanes of at least 4 members (excludes halogenated alkanes) is 11. The number of halogens is 1. The lowest BCUT2D eigenvalue weighted by Crippen LogP contribution is -2.49. The fourth-order valence-corrected chi connectivity index (χ4v) is 6.05. The van der Waals surface area contributed by atoms with Crippen LogP contribution in [0.25, 0.3) is 0 Å². The van der Waals surface area contributed by atoms with E-state index in [2.05, 4.69) is 50.2 Å². The predicted molar refractivity (Wildman–Crippen MR) is 209 cm³/mol. The zero-order chi connectivity index (χ0) is 37.1. The Morgan fingerprint density at radius 3 is 1.98 bits per heavy atom. The SMILES string of the molecule is CC(C)COc1ccc(CNC(=O)N(Cc2ccc(F)cc2)C2CCN(C)CC2)cc1.CCCCCCCC/C=C\CCCCCCCC(=O)O. The summed E-state index contributed by atoms with van der Waals surface area (Å²) in [6, 6.07) is 14.3. The van der Waals surface area contributed by atoms with Gasteiger partial charge < -0.3 is 25.0 Å². The van der Waals surface area contributed by atoms with Crippen LogP contribution in [0.1, 0.15) is 135 Å². The van der Waals surface area contributed by atoms with Gasteiger partial charge in [-0.15, -0.1) is 0 Å². The largest absolute Gasteiger partial charge is 0.493 e. The molecule has 1 fully saturated rings. The van der Waals surface area contributed by atoms with Crippen LogP contribution >= 0.6 is 0 Å². The van der Waals surface area contributed by atoms with Gasteiger partial charge in [0.15, 0.2) is 0 Å². The summed E-state index contributed by atoms with van der Waals surface area (Å²) >= 11 is 0. The van der Waals surface area contributed by atoms with Crippen molar-refractivity contribution in [1.29, 1.82) is 0 Å².